The smallest absolute Gasteiger partial charge is 0.0211 e. The third-order valence-electron chi connectivity index (χ3n) is 3.64. The van der Waals surface area contributed by atoms with Crippen LogP contribution in [0.25, 0.3) is 0 Å². The van der Waals surface area contributed by atoms with E-state index in [-0.39, 0.29) is 0 Å². The van der Waals surface area contributed by atoms with Gasteiger partial charge in [0.1, 0.15) is 0 Å². The van der Waals surface area contributed by atoms with Crippen molar-refractivity contribution in [3.05, 3.63) is 34.3 Å². The molecule has 1 aromatic carbocycles. The first-order chi connectivity index (χ1) is 8.31. The molecule has 1 saturated carbocycles. The standard InChI is InChI=1S/C14H21BrN2/c15-14-8-4-3-7-13(14)11(9-16)10-17-12-5-1-2-6-12/h3-4,7-8,11-12,17H,1-2,5-6,9-10,16H2. The Morgan fingerprint density at radius 1 is 1.29 bits per heavy atom. The van der Waals surface area contributed by atoms with Gasteiger partial charge in [0.05, 0.1) is 0 Å². The molecule has 2 nitrogen and oxygen atoms in total. The maximum Gasteiger partial charge on any atom is 0.0211 e. The van der Waals surface area contributed by atoms with E-state index in [4.69, 9.17) is 5.73 Å². The molecule has 1 aromatic rings. The molecule has 1 atom stereocenters. The molecule has 94 valence electrons. The number of nitrogens with one attached hydrogen (secondary N) is 1. The second kappa shape index (κ2) is 6.53. The van der Waals surface area contributed by atoms with Gasteiger partial charge in [-0.2, -0.15) is 0 Å². The molecule has 0 amide bonds. The van der Waals surface area contributed by atoms with Crippen LogP contribution in [-0.2, 0) is 0 Å². The Kier molecular flexibility index (Phi) is 5.01. The molecular formula is C14H21BrN2. The number of hydrogen-bond acceptors (Lipinski definition) is 2. The number of hydrogen-bond donors (Lipinski definition) is 2. The summed E-state index contributed by atoms with van der Waals surface area (Å²) in [5, 5.41) is 3.66. The van der Waals surface area contributed by atoms with Crippen molar-refractivity contribution in [2.75, 3.05) is 13.1 Å². The zero-order valence-corrected chi connectivity index (χ0v) is 11.7. The molecule has 1 aliphatic carbocycles. The fourth-order valence-corrected chi connectivity index (χ4v) is 3.17. The predicted molar refractivity (Wildman–Crippen MR) is 76.2 cm³/mol. The number of halogens is 1. The van der Waals surface area contributed by atoms with Crippen LogP contribution in [0.5, 0.6) is 0 Å². The van der Waals surface area contributed by atoms with Gasteiger partial charge in [-0.25, -0.2) is 0 Å². The van der Waals surface area contributed by atoms with Crippen LogP contribution >= 0.6 is 15.9 Å². The number of benzene rings is 1. The van der Waals surface area contributed by atoms with Gasteiger partial charge in [-0.05, 0) is 24.5 Å². The van der Waals surface area contributed by atoms with Crippen molar-refractivity contribution >= 4 is 15.9 Å². The second-order valence-electron chi connectivity index (χ2n) is 4.84. The van der Waals surface area contributed by atoms with Crippen molar-refractivity contribution in [3.63, 3.8) is 0 Å². The highest BCUT2D eigenvalue weighted by Crippen LogP contribution is 2.25. The van der Waals surface area contributed by atoms with E-state index >= 15 is 0 Å². The minimum atomic E-state index is 0.408. The summed E-state index contributed by atoms with van der Waals surface area (Å²) in [5.74, 6) is 0.408. The molecule has 3 N–H and O–H groups in total. The highest BCUT2D eigenvalue weighted by molar-refractivity contribution is 9.10. The fraction of sp³-hybridized carbons (Fsp3) is 0.571. The average molecular weight is 297 g/mol. The summed E-state index contributed by atoms with van der Waals surface area (Å²) in [6.07, 6.45) is 5.40. The van der Waals surface area contributed by atoms with Crippen LogP contribution in [0.4, 0.5) is 0 Å². The lowest BCUT2D eigenvalue weighted by Gasteiger charge is -2.20. The Labute approximate surface area is 112 Å². The summed E-state index contributed by atoms with van der Waals surface area (Å²) in [5.41, 5.74) is 7.22. The van der Waals surface area contributed by atoms with Crippen LogP contribution in [-0.4, -0.2) is 19.1 Å². The topological polar surface area (TPSA) is 38.0 Å². The molecule has 0 spiro atoms. The quantitative estimate of drug-likeness (QED) is 0.876. The van der Waals surface area contributed by atoms with Gasteiger partial charge in [0.15, 0.2) is 0 Å². The SMILES string of the molecule is NCC(CNC1CCCC1)c1ccccc1Br. The molecule has 0 heterocycles. The largest absolute Gasteiger partial charge is 0.330 e. The third kappa shape index (κ3) is 3.54. The number of nitrogens with two attached hydrogens (primary N) is 1. The normalized spacial score (nSPS) is 18.5. The van der Waals surface area contributed by atoms with Gasteiger partial charge in [0.25, 0.3) is 0 Å². The van der Waals surface area contributed by atoms with E-state index in [9.17, 15) is 0 Å². The first-order valence-corrected chi connectivity index (χ1v) is 7.28. The van der Waals surface area contributed by atoms with E-state index in [0.717, 1.165) is 6.54 Å². The van der Waals surface area contributed by atoms with Crippen LogP contribution in [0, 0.1) is 0 Å². The third-order valence-corrected chi connectivity index (χ3v) is 4.36. The molecule has 17 heavy (non-hydrogen) atoms. The molecule has 2 rings (SSSR count). The number of rotatable bonds is 5. The minimum absolute atomic E-state index is 0.408. The Balaban J connectivity index is 1.94. The van der Waals surface area contributed by atoms with Gasteiger partial charge in [0.2, 0.25) is 0 Å². The van der Waals surface area contributed by atoms with Gasteiger partial charge in [-0.15, -0.1) is 0 Å². The van der Waals surface area contributed by atoms with Gasteiger partial charge >= 0.3 is 0 Å². The minimum Gasteiger partial charge on any atom is -0.330 e. The molecular weight excluding hydrogens is 276 g/mol. The second-order valence-corrected chi connectivity index (χ2v) is 5.70. The van der Waals surface area contributed by atoms with E-state index in [1.54, 1.807) is 0 Å². The van der Waals surface area contributed by atoms with E-state index in [2.05, 4.69) is 39.4 Å². The zero-order valence-electron chi connectivity index (χ0n) is 10.2. The Hall–Kier alpha value is -0.380. The first kappa shape index (κ1) is 13.1. The van der Waals surface area contributed by atoms with E-state index in [1.807, 2.05) is 6.07 Å². The van der Waals surface area contributed by atoms with Gasteiger partial charge < -0.3 is 11.1 Å². The summed E-state index contributed by atoms with van der Waals surface area (Å²) < 4.78 is 1.17. The molecule has 1 unspecified atom stereocenters. The van der Waals surface area contributed by atoms with Crippen molar-refractivity contribution in [1.29, 1.82) is 0 Å². The van der Waals surface area contributed by atoms with Crippen molar-refractivity contribution < 1.29 is 0 Å². The lowest BCUT2D eigenvalue weighted by atomic mass is 9.99. The van der Waals surface area contributed by atoms with Crippen LogP contribution in [0.3, 0.4) is 0 Å². The molecule has 1 aliphatic rings. The van der Waals surface area contributed by atoms with Crippen molar-refractivity contribution in [2.24, 2.45) is 5.73 Å². The van der Waals surface area contributed by atoms with Crippen molar-refractivity contribution in [3.8, 4) is 0 Å². The molecule has 0 saturated heterocycles. The van der Waals surface area contributed by atoms with E-state index < -0.39 is 0 Å². The lowest BCUT2D eigenvalue weighted by Crippen LogP contribution is -2.33. The Morgan fingerprint density at radius 3 is 2.65 bits per heavy atom. The lowest BCUT2D eigenvalue weighted by molar-refractivity contribution is 0.489. The van der Waals surface area contributed by atoms with Crippen molar-refractivity contribution in [2.45, 2.75) is 37.6 Å². The highest BCUT2D eigenvalue weighted by atomic mass is 79.9. The van der Waals surface area contributed by atoms with Gasteiger partial charge in [-0.3, -0.25) is 0 Å². The maximum absolute atomic E-state index is 5.90. The molecule has 0 bridgehead atoms. The molecule has 3 heteroatoms. The zero-order chi connectivity index (χ0) is 12.1. The molecule has 0 aromatic heterocycles. The molecule has 0 aliphatic heterocycles. The maximum atomic E-state index is 5.90. The van der Waals surface area contributed by atoms with Crippen LogP contribution < -0.4 is 11.1 Å². The van der Waals surface area contributed by atoms with Crippen molar-refractivity contribution in [1.82, 2.24) is 5.32 Å². The summed E-state index contributed by atoms with van der Waals surface area (Å²) in [7, 11) is 0. The summed E-state index contributed by atoms with van der Waals surface area (Å²) in [6.45, 7) is 1.69. The van der Waals surface area contributed by atoms with Gasteiger partial charge in [-0.1, -0.05) is 47.0 Å². The molecule has 0 radical (unpaired) electrons. The average Bonchev–Trinajstić information content (AvgIpc) is 2.85. The highest BCUT2D eigenvalue weighted by Gasteiger charge is 2.17. The first-order valence-electron chi connectivity index (χ1n) is 6.49. The van der Waals surface area contributed by atoms with Crippen LogP contribution in [0.2, 0.25) is 0 Å². The Morgan fingerprint density at radius 2 is 2.00 bits per heavy atom. The Bertz CT molecular complexity index is 348. The fourth-order valence-electron chi connectivity index (χ4n) is 2.57. The van der Waals surface area contributed by atoms with E-state index in [1.165, 1.54) is 35.7 Å². The predicted octanol–water partition coefficient (Wildman–Crippen LogP) is 3.02. The monoisotopic (exact) mass is 296 g/mol. The van der Waals surface area contributed by atoms with E-state index in [0.29, 0.717) is 18.5 Å². The molecule has 1 fully saturated rings. The summed E-state index contributed by atoms with van der Waals surface area (Å²) in [4.78, 5) is 0. The summed E-state index contributed by atoms with van der Waals surface area (Å²) in [6, 6.07) is 9.10. The van der Waals surface area contributed by atoms with Gasteiger partial charge in [0, 0.05) is 29.5 Å². The summed E-state index contributed by atoms with van der Waals surface area (Å²) >= 11 is 3.61. The van der Waals surface area contributed by atoms with Crippen LogP contribution in [0.1, 0.15) is 37.2 Å². The van der Waals surface area contributed by atoms with Crippen LogP contribution in [0.15, 0.2) is 28.7 Å².